The van der Waals surface area contributed by atoms with Gasteiger partial charge in [-0.2, -0.15) is 0 Å². The first-order valence-electron chi connectivity index (χ1n) is 3.10. The number of rotatable bonds is 7. The summed E-state index contributed by atoms with van der Waals surface area (Å²) >= 11 is 0. The van der Waals surface area contributed by atoms with Crippen molar-refractivity contribution < 1.29 is 34.6 Å². The van der Waals surface area contributed by atoms with Gasteiger partial charge < -0.3 is 20.4 Å². The first-order valence-corrected chi connectivity index (χ1v) is 3.10. The van der Waals surface area contributed by atoms with Crippen molar-refractivity contribution >= 4 is 0 Å². The van der Waals surface area contributed by atoms with Crippen LogP contribution in [0.5, 0.6) is 0 Å². The molecule has 0 radical (unpaired) electrons. The minimum absolute atomic E-state index is 0.769. The molecule has 0 rings (SSSR count). The summed E-state index contributed by atoms with van der Waals surface area (Å²) < 4.78 is 13.2. The molecule has 0 amide bonds. The molecule has 0 aliphatic heterocycles. The van der Waals surface area contributed by atoms with E-state index in [2.05, 4.69) is 14.2 Å². The van der Waals surface area contributed by atoms with E-state index in [0.29, 0.717) is 0 Å². The van der Waals surface area contributed by atoms with E-state index in [1.807, 2.05) is 0 Å². The van der Waals surface area contributed by atoms with Crippen LogP contribution in [0.3, 0.4) is 0 Å². The van der Waals surface area contributed by atoms with Gasteiger partial charge in [0.1, 0.15) is 27.0 Å². The molecule has 0 saturated heterocycles. The molecule has 0 atom stereocenters. The van der Waals surface area contributed by atoms with E-state index in [-0.39, 0.29) is 0 Å². The Kier molecular flexibility index (Phi) is 6.11. The van der Waals surface area contributed by atoms with Crippen LogP contribution in [0.4, 0.5) is 0 Å². The largest absolute Gasteiger partial charge is 0.388 e. The predicted molar refractivity (Wildman–Crippen MR) is 34.3 cm³/mol. The quantitative estimate of drug-likeness (QED) is 0.325. The number of hydrogen-bond donors (Lipinski definition) is 4. The maximum absolute atomic E-state index is 8.66. The van der Waals surface area contributed by atoms with Crippen molar-refractivity contribution in [2.75, 3.05) is 27.0 Å². The van der Waals surface area contributed by atoms with Crippen molar-refractivity contribution in [3.8, 4) is 0 Å². The summed E-state index contributed by atoms with van der Waals surface area (Å²) in [5, 5.41) is 33.7. The summed E-state index contributed by atoms with van der Waals surface area (Å²) in [5.74, 6) is -2.00. The monoisotopic (exact) mass is 184 g/mol. The molecule has 0 heterocycles. The molecule has 0 fully saturated rings. The maximum atomic E-state index is 8.66. The molecule has 0 aliphatic carbocycles. The van der Waals surface area contributed by atoms with Gasteiger partial charge in [-0.15, -0.1) is 0 Å². The fraction of sp³-hybridized carbons (Fsp3) is 1.00. The minimum Gasteiger partial charge on any atom is -0.388 e. The van der Waals surface area contributed by atoms with Crippen molar-refractivity contribution in [1.82, 2.24) is 0 Å². The van der Waals surface area contributed by atoms with Gasteiger partial charge in [0.25, 0.3) is 0 Å². The van der Waals surface area contributed by atoms with E-state index in [9.17, 15) is 0 Å². The van der Waals surface area contributed by atoms with E-state index in [0.717, 1.165) is 0 Å². The Hall–Kier alpha value is -0.280. The summed E-state index contributed by atoms with van der Waals surface area (Å²) in [6.45, 7) is -3.10. The second kappa shape index (κ2) is 6.26. The highest BCUT2D eigenvalue weighted by molar-refractivity contribution is 4.51. The second-order valence-electron chi connectivity index (χ2n) is 1.66. The molecular weight excluding hydrogens is 172 g/mol. The van der Waals surface area contributed by atoms with Gasteiger partial charge in [-0.3, -0.25) is 14.2 Å². The van der Waals surface area contributed by atoms with Crippen LogP contribution in [0.25, 0.3) is 0 Å². The lowest BCUT2D eigenvalue weighted by atomic mass is 10.6. The average molecular weight is 184 g/mol. The van der Waals surface area contributed by atoms with E-state index < -0.39 is 33.0 Å². The predicted octanol–water partition coefficient (Wildman–Crippen LogP) is -2.47. The second-order valence-corrected chi connectivity index (χ2v) is 1.66. The highest BCUT2D eigenvalue weighted by atomic mass is 16.9. The van der Waals surface area contributed by atoms with Gasteiger partial charge in [0, 0.05) is 0 Å². The molecule has 0 aromatic heterocycles. The zero-order chi connectivity index (χ0) is 9.45. The van der Waals surface area contributed by atoms with E-state index in [1.54, 1.807) is 0 Å². The Morgan fingerprint density at radius 2 is 1.08 bits per heavy atom. The van der Waals surface area contributed by atoms with Crippen LogP contribution < -0.4 is 0 Å². The summed E-state index contributed by atoms with van der Waals surface area (Å²) in [4.78, 5) is 0. The zero-order valence-corrected chi connectivity index (χ0v) is 6.34. The van der Waals surface area contributed by atoms with Crippen LogP contribution in [-0.4, -0.2) is 53.4 Å². The lowest BCUT2D eigenvalue weighted by Gasteiger charge is -2.28. The first-order chi connectivity index (χ1) is 5.74. The summed E-state index contributed by atoms with van der Waals surface area (Å²) in [6.07, 6.45) is 0. The number of aliphatic hydroxyl groups excluding tert-OH is 4. The van der Waals surface area contributed by atoms with Crippen LogP contribution in [0.15, 0.2) is 0 Å². The maximum Gasteiger partial charge on any atom is 0.313 e. The smallest absolute Gasteiger partial charge is 0.313 e. The molecule has 0 bridgehead atoms. The SMILES string of the molecule is OCOC(CO)(OCO)OCO. The fourth-order valence-electron chi connectivity index (χ4n) is 0.557. The summed E-state index contributed by atoms with van der Waals surface area (Å²) in [5.41, 5.74) is 0. The molecule has 7 nitrogen and oxygen atoms in total. The molecule has 0 unspecified atom stereocenters. The van der Waals surface area contributed by atoms with Crippen LogP contribution in [0, 0.1) is 0 Å². The summed E-state index contributed by atoms with van der Waals surface area (Å²) in [6, 6.07) is 0. The zero-order valence-electron chi connectivity index (χ0n) is 6.34. The number of hydrogen-bond acceptors (Lipinski definition) is 7. The van der Waals surface area contributed by atoms with Gasteiger partial charge in [-0.05, 0) is 0 Å². The van der Waals surface area contributed by atoms with Gasteiger partial charge in [-0.1, -0.05) is 0 Å². The van der Waals surface area contributed by atoms with Crippen LogP contribution >= 0.6 is 0 Å². The van der Waals surface area contributed by atoms with Crippen molar-refractivity contribution in [1.29, 1.82) is 0 Å². The third-order valence-electron chi connectivity index (χ3n) is 1.05. The molecule has 74 valence electrons. The lowest BCUT2D eigenvalue weighted by molar-refractivity contribution is -0.427. The molecule has 0 saturated carbocycles. The Balaban J connectivity index is 4.06. The average Bonchev–Trinajstić information content (AvgIpc) is 2.06. The topological polar surface area (TPSA) is 109 Å². The van der Waals surface area contributed by atoms with E-state index in [1.165, 1.54) is 0 Å². The highest BCUT2D eigenvalue weighted by Gasteiger charge is 2.32. The fourth-order valence-corrected chi connectivity index (χ4v) is 0.557. The molecule has 0 spiro atoms. The standard InChI is InChI=1S/C5H12O7/c6-1-5(10-2-7,11-3-8)12-4-9/h6-9H,1-4H2. The van der Waals surface area contributed by atoms with Gasteiger partial charge in [0.15, 0.2) is 0 Å². The van der Waals surface area contributed by atoms with Crippen molar-refractivity contribution in [2.45, 2.75) is 5.97 Å². The van der Waals surface area contributed by atoms with Crippen LogP contribution in [0.2, 0.25) is 0 Å². The summed E-state index contributed by atoms with van der Waals surface area (Å²) in [7, 11) is 0. The minimum atomic E-state index is -2.00. The molecule has 0 aromatic carbocycles. The van der Waals surface area contributed by atoms with Crippen molar-refractivity contribution in [3.05, 3.63) is 0 Å². The lowest BCUT2D eigenvalue weighted by Crippen LogP contribution is -2.43. The Morgan fingerprint density at radius 3 is 1.25 bits per heavy atom. The van der Waals surface area contributed by atoms with Crippen molar-refractivity contribution in [2.24, 2.45) is 0 Å². The highest BCUT2D eigenvalue weighted by Crippen LogP contribution is 2.13. The normalized spacial score (nSPS) is 12.0. The van der Waals surface area contributed by atoms with Crippen LogP contribution in [0.1, 0.15) is 0 Å². The van der Waals surface area contributed by atoms with Crippen LogP contribution in [-0.2, 0) is 14.2 Å². The Morgan fingerprint density at radius 1 is 0.750 bits per heavy atom. The van der Waals surface area contributed by atoms with Gasteiger partial charge in [-0.25, -0.2) is 0 Å². The molecule has 0 aliphatic rings. The molecule has 0 aromatic rings. The number of ether oxygens (including phenoxy) is 3. The third-order valence-corrected chi connectivity index (χ3v) is 1.05. The number of aliphatic hydroxyl groups is 4. The third kappa shape index (κ3) is 3.41. The van der Waals surface area contributed by atoms with Gasteiger partial charge in [0.05, 0.1) is 0 Å². The van der Waals surface area contributed by atoms with E-state index in [4.69, 9.17) is 20.4 Å². The van der Waals surface area contributed by atoms with E-state index >= 15 is 0 Å². The molecule has 12 heavy (non-hydrogen) atoms. The van der Waals surface area contributed by atoms with Gasteiger partial charge in [0.2, 0.25) is 0 Å². The first kappa shape index (κ1) is 11.7. The van der Waals surface area contributed by atoms with Crippen molar-refractivity contribution in [3.63, 3.8) is 0 Å². The molecular formula is C5H12O7. The molecule has 7 heteroatoms. The molecule has 4 N–H and O–H groups in total. The van der Waals surface area contributed by atoms with Gasteiger partial charge >= 0.3 is 5.97 Å². The Bertz CT molecular complexity index is 89.0. The Labute approximate surface area is 68.7 Å².